The molecule has 122 valence electrons. The molecule has 4 aliphatic carbocycles. The monoisotopic (exact) mass is 293 g/mol. The number of nitrogens with one attached hydrogen (secondary N) is 1. The van der Waals surface area contributed by atoms with Crippen LogP contribution in [0.3, 0.4) is 0 Å². The van der Waals surface area contributed by atoms with E-state index in [2.05, 4.69) is 12.2 Å². The van der Waals surface area contributed by atoms with Gasteiger partial charge < -0.3 is 10.1 Å². The van der Waals surface area contributed by atoms with Crippen LogP contribution in [0, 0.1) is 23.2 Å². The Bertz CT molecular complexity index is 292. The lowest BCUT2D eigenvalue weighted by atomic mass is 9.48. The Kier molecular flexibility index (Phi) is 5.27. The molecular formula is C19H35NO. The van der Waals surface area contributed by atoms with Crippen molar-refractivity contribution in [1.82, 2.24) is 5.32 Å². The SMILES string of the molecule is CCCNC(CCCOC)CC12CC3CC(CC(C3)C1)C2. The second-order valence-corrected chi connectivity index (χ2v) is 8.41. The summed E-state index contributed by atoms with van der Waals surface area (Å²) in [6.45, 7) is 4.39. The highest BCUT2D eigenvalue weighted by molar-refractivity contribution is 5.02. The predicted octanol–water partition coefficient (Wildman–Crippen LogP) is 4.39. The first-order valence-corrected chi connectivity index (χ1v) is 9.45. The maximum absolute atomic E-state index is 5.26. The zero-order chi connectivity index (χ0) is 14.7. The lowest BCUT2D eigenvalue weighted by molar-refractivity contribution is -0.0626. The highest BCUT2D eigenvalue weighted by Crippen LogP contribution is 2.61. The van der Waals surface area contributed by atoms with Gasteiger partial charge in [0.2, 0.25) is 0 Å². The molecule has 0 spiro atoms. The van der Waals surface area contributed by atoms with Gasteiger partial charge in [-0.3, -0.25) is 0 Å². The molecule has 4 fully saturated rings. The van der Waals surface area contributed by atoms with Crippen molar-refractivity contribution < 1.29 is 4.74 Å². The van der Waals surface area contributed by atoms with E-state index in [-0.39, 0.29) is 0 Å². The van der Waals surface area contributed by atoms with Crippen molar-refractivity contribution in [3.05, 3.63) is 0 Å². The van der Waals surface area contributed by atoms with Gasteiger partial charge in [-0.2, -0.15) is 0 Å². The summed E-state index contributed by atoms with van der Waals surface area (Å²) in [6, 6.07) is 0.733. The minimum absolute atomic E-state index is 0.716. The van der Waals surface area contributed by atoms with Gasteiger partial charge in [0.05, 0.1) is 0 Å². The molecule has 0 heterocycles. The first-order valence-electron chi connectivity index (χ1n) is 9.45. The van der Waals surface area contributed by atoms with Gasteiger partial charge in [-0.1, -0.05) is 6.92 Å². The third kappa shape index (κ3) is 3.82. The van der Waals surface area contributed by atoms with Crippen molar-refractivity contribution in [3.63, 3.8) is 0 Å². The lowest BCUT2D eigenvalue weighted by Crippen LogP contribution is -2.49. The molecule has 1 N–H and O–H groups in total. The van der Waals surface area contributed by atoms with Gasteiger partial charge in [-0.05, 0) is 93.9 Å². The minimum atomic E-state index is 0.716. The van der Waals surface area contributed by atoms with Crippen molar-refractivity contribution >= 4 is 0 Å². The summed E-state index contributed by atoms with van der Waals surface area (Å²) in [5.41, 5.74) is 0.716. The molecule has 1 atom stereocenters. The predicted molar refractivity (Wildman–Crippen MR) is 88.4 cm³/mol. The Hall–Kier alpha value is -0.0800. The molecule has 1 unspecified atom stereocenters. The quantitative estimate of drug-likeness (QED) is 0.637. The third-order valence-corrected chi connectivity index (χ3v) is 6.43. The molecule has 4 saturated carbocycles. The van der Waals surface area contributed by atoms with E-state index in [1.54, 1.807) is 38.5 Å². The molecule has 4 rings (SSSR count). The summed E-state index contributed by atoms with van der Waals surface area (Å²) in [5.74, 6) is 3.26. The topological polar surface area (TPSA) is 21.3 Å². The van der Waals surface area contributed by atoms with Crippen LogP contribution in [-0.2, 0) is 4.74 Å². The Balaban J connectivity index is 1.58. The van der Waals surface area contributed by atoms with E-state index in [0.717, 1.165) is 30.4 Å². The Morgan fingerprint density at radius 2 is 1.71 bits per heavy atom. The first-order chi connectivity index (χ1) is 10.2. The van der Waals surface area contributed by atoms with Gasteiger partial charge in [0, 0.05) is 19.8 Å². The molecule has 0 radical (unpaired) electrons. The molecule has 4 aliphatic rings. The van der Waals surface area contributed by atoms with E-state index < -0.39 is 0 Å². The van der Waals surface area contributed by atoms with Gasteiger partial charge in [0.1, 0.15) is 0 Å². The molecule has 0 aliphatic heterocycles. The molecular weight excluding hydrogens is 258 g/mol. The molecule has 2 nitrogen and oxygen atoms in total. The maximum Gasteiger partial charge on any atom is 0.0462 e. The zero-order valence-corrected chi connectivity index (χ0v) is 14.2. The van der Waals surface area contributed by atoms with Crippen LogP contribution >= 0.6 is 0 Å². The molecule has 4 bridgehead atoms. The average Bonchev–Trinajstić information content (AvgIpc) is 2.43. The van der Waals surface area contributed by atoms with E-state index in [1.165, 1.54) is 32.2 Å². The smallest absolute Gasteiger partial charge is 0.0462 e. The summed E-state index contributed by atoms with van der Waals surface area (Å²) in [7, 11) is 1.83. The van der Waals surface area contributed by atoms with E-state index >= 15 is 0 Å². The standard InChI is InChI=1S/C19H35NO/c1-3-6-20-18(5-4-7-21-2)14-19-11-15-8-16(12-19)10-17(9-15)13-19/h15-18,20H,3-14H2,1-2H3. The van der Waals surface area contributed by atoms with Crippen LogP contribution in [-0.4, -0.2) is 26.3 Å². The highest BCUT2D eigenvalue weighted by atomic mass is 16.5. The van der Waals surface area contributed by atoms with E-state index in [9.17, 15) is 0 Å². The van der Waals surface area contributed by atoms with Gasteiger partial charge in [-0.25, -0.2) is 0 Å². The fourth-order valence-corrected chi connectivity index (χ4v) is 6.16. The molecule has 0 aromatic carbocycles. The summed E-state index contributed by atoms with van der Waals surface area (Å²) in [4.78, 5) is 0. The van der Waals surface area contributed by atoms with Crippen LogP contribution in [0.4, 0.5) is 0 Å². The number of rotatable bonds is 9. The first kappa shape index (κ1) is 15.8. The Morgan fingerprint density at radius 3 is 2.24 bits per heavy atom. The van der Waals surface area contributed by atoms with E-state index in [4.69, 9.17) is 4.74 Å². The average molecular weight is 293 g/mol. The summed E-state index contributed by atoms with van der Waals surface area (Å²) in [5, 5.41) is 3.85. The fourth-order valence-electron chi connectivity index (χ4n) is 6.16. The molecule has 0 saturated heterocycles. The van der Waals surface area contributed by atoms with Crippen molar-refractivity contribution in [3.8, 4) is 0 Å². The Labute approximate surface area is 131 Å². The molecule has 0 aromatic heterocycles. The van der Waals surface area contributed by atoms with Crippen LogP contribution in [0.25, 0.3) is 0 Å². The van der Waals surface area contributed by atoms with E-state index in [0.29, 0.717) is 5.41 Å². The second-order valence-electron chi connectivity index (χ2n) is 8.41. The fraction of sp³-hybridized carbons (Fsp3) is 1.00. The van der Waals surface area contributed by atoms with Crippen LogP contribution in [0.5, 0.6) is 0 Å². The highest BCUT2D eigenvalue weighted by Gasteiger charge is 2.51. The number of hydrogen-bond acceptors (Lipinski definition) is 2. The van der Waals surface area contributed by atoms with Crippen LogP contribution in [0.15, 0.2) is 0 Å². The summed E-state index contributed by atoms with van der Waals surface area (Å²) >= 11 is 0. The van der Waals surface area contributed by atoms with Gasteiger partial charge in [-0.15, -0.1) is 0 Å². The maximum atomic E-state index is 5.26. The zero-order valence-electron chi connectivity index (χ0n) is 14.2. The van der Waals surface area contributed by atoms with Crippen LogP contribution in [0.2, 0.25) is 0 Å². The number of methoxy groups -OCH3 is 1. The van der Waals surface area contributed by atoms with Gasteiger partial charge >= 0.3 is 0 Å². The van der Waals surface area contributed by atoms with Crippen LogP contribution < -0.4 is 5.32 Å². The van der Waals surface area contributed by atoms with Crippen LogP contribution in [0.1, 0.15) is 71.1 Å². The normalized spacial score (nSPS) is 38.9. The van der Waals surface area contributed by atoms with Gasteiger partial charge in [0.25, 0.3) is 0 Å². The molecule has 2 heteroatoms. The molecule has 0 aromatic rings. The number of hydrogen-bond donors (Lipinski definition) is 1. The van der Waals surface area contributed by atoms with Crippen molar-refractivity contribution in [2.45, 2.75) is 77.2 Å². The minimum Gasteiger partial charge on any atom is -0.385 e. The van der Waals surface area contributed by atoms with Gasteiger partial charge in [0.15, 0.2) is 0 Å². The summed E-state index contributed by atoms with van der Waals surface area (Å²) < 4.78 is 5.26. The Morgan fingerprint density at radius 1 is 1.10 bits per heavy atom. The largest absolute Gasteiger partial charge is 0.385 e. The molecule has 21 heavy (non-hydrogen) atoms. The lowest BCUT2D eigenvalue weighted by Gasteiger charge is -2.57. The molecule has 0 amide bonds. The summed E-state index contributed by atoms with van der Waals surface area (Å²) in [6.07, 6.45) is 14.6. The number of ether oxygens (including phenoxy) is 1. The second kappa shape index (κ2) is 7.00. The van der Waals surface area contributed by atoms with Crippen molar-refractivity contribution in [2.75, 3.05) is 20.3 Å². The van der Waals surface area contributed by atoms with Crippen molar-refractivity contribution in [1.29, 1.82) is 0 Å². The van der Waals surface area contributed by atoms with E-state index in [1.807, 2.05) is 7.11 Å². The third-order valence-electron chi connectivity index (χ3n) is 6.43. The van der Waals surface area contributed by atoms with Crippen molar-refractivity contribution in [2.24, 2.45) is 23.2 Å².